The van der Waals surface area contributed by atoms with Crippen molar-refractivity contribution in [2.24, 2.45) is 7.05 Å². The van der Waals surface area contributed by atoms with Gasteiger partial charge in [-0.15, -0.1) is 0 Å². The van der Waals surface area contributed by atoms with E-state index in [1.54, 1.807) is 25.2 Å². The normalized spacial score (nSPS) is 14.8. The lowest BCUT2D eigenvalue weighted by Crippen LogP contribution is -2.47. The van der Waals surface area contributed by atoms with Crippen molar-refractivity contribution >= 4 is 28.3 Å². The number of fused-ring (bicyclic) bond motifs is 1. The molecule has 30 heavy (non-hydrogen) atoms. The van der Waals surface area contributed by atoms with Gasteiger partial charge in [-0.25, -0.2) is 4.98 Å². The quantitative estimate of drug-likeness (QED) is 0.652. The van der Waals surface area contributed by atoms with Crippen LogP contribution in [0.25, 0.3) is 11.0 Å². The Labute approximate surface area is 179 Å². The molecule has 0 radical (unpaired) electrons. The molecule has 2 aromatic heterocycles. The maximum Gasteiger partial charge on any atom is 0.270 e. The molecule has 0 unspecified atom stereocenters. The van der Waals surface area contributed by atoms with E-state index in [-0.39, 0.29) is 11.1 Å². The number of halogens is 1. The van der Waals surface area contributed by atoms with Crippen molar-refractivity contribution in [1.82, 2.24) is 14.5 Å². The van der Waals surface area contributed by atoms with E-state index < -0.39 is 0 Å². The van der Waals surface area contributed by atoms with Crippen LogP contribution in [0.1, 0.15) is 16.7 Å². The molecule has 0 spiro atoms. The Morgan fingerprint density at radius 3 is 2.63 bits per heavy atom. The number of piperazine rings is 1. The number of anilines is 1. The van der Waals surface area contributed by atoms with Crippen LogP contribution in [0.2, 0.25) is 5.15 Å². The SMILES string of the molecule is Cc1ccc(O)c(CN2CCN(c3c(C#N)c(=O)n(C)c4ccc(Cl)nc34)CC2)c1. The van der Waals surface area contributed by atoms with Gasteiger partial charge in [0.2, 0.25) is 0 Å². The second kappa shape index (κ2) is 7.98. The van der Waals surface area contributed by atoms with Crippen LogP contribution in [0, 0.1) is 18.3 Å². The van der Waals surface area contributed by atoms with E-state index in [0.717, 1.165) is 24.2 Å². The number of nitriles is 1. The number of hydrogen-bond donors (Lipinski definition) is 1. The average Bonchev–Trinajstić information content (AvgIpc) is 2.74. The molecule has 1 aliphatic rings. The summed E-state index contributed by atoms with van der Waals surface area (Å²) >= 11 is 6.13. The van der Waals surface area contributed by atoms with Crippen LogP contribution >= 0.6 is 11.6 Å². The predicted molar refractivity (Wildman–Crippen MR) is 117 cm³/mol. The highest BCUT2D eigenvalue weighted by atomic mass is 35.5. The summed E-state index contributed by atoms with van der Waals surface area (Å²) in [6.45, 7) is 5.39. The highest BCUT2D eigenvalue weighted by Crippen LogP contribution is 2.29. The molecule has 7 nitrogen and oxygen atoms in total. The number of phenolic OH excluding ortho intramolecular Hbond substituents is 1. The fourth-order valence-electron chi connectivity index (χ4n) is 3.99. The fraction of sp³-hybridized carbons (Fsp3) is 0.318. The van der Waals surface area contributed by atoms with E-state index in [9.17, 15) is 15.2 Å². The van der Waals surface area contributed by atoms with Crippen molar-refractivity contribution in [2.75, 3.05) is 31.1 Å². The van der Waals surface area contributed by atoms with Crippen molar-refractivity contribution in [3.8, 4) is 11.8 Å². The van der Waals surface area contributed by atoms with E-state index in [4.69, 9.17) is 11.6 Å². The topological polar surface area (TPSA) is 85.4 Å². The number of pyridine rings is 2. The zero-order valence-corrected chi connectivity index (χ0v) is 17.6. The lowest BCUT2D eigenvalue weighted by atomic mass is 10.1. The molecule has 0 bridgehead atoms. The van der Waals surface area contributed by atoms with Gasteiger partial charge in [0, 0.05) is 45.3 Å². The van der Waals surface area contributed by atoms with Crippen molar-refractivity contribution in [3.63, 3.8) is 0 Å². The van der Waals surface area contributed by atoms with Gasteiger partial charge in [-0.1, -0.05) is 29.3 Å². The van der Waals surface area contributed by atoms with Gasteiger partial charge in [0.05, 0.1) is 11.2 Å². The monoisotopic (exact) mass is 423 g/mol. The van der Waals surface area contributed by atoms with E-state index in [2.05, 4.69) is 16.0 Å². The summed E-state index contributed by atoms with van der Waals surface area (Å²) in [6, 6.07) is 11.1. The first-order valence-electron chi connectivity index (χ1n) is 9.74. The lowest BCUT2D eigenvalue weighted by Gasteiger charge is -2.36. The van der Waals surface area contributed by atoms with Crippen molar-refractivity contribution in [2.45, 2.75) is 13.5 Å². The molecular weight excluding hydrogens is 402 g/mol. The Morgan fingerprint density at radius 2 is 1.93 bits per heavy atom. The van der Waals surface area contributed by atoms with Crippen molar-refractivity contribution in [1.29, 1.82) is 5.26 Å². The third kappa shape index (κ3) is 3.60. The predicted octanol–water partition coefficient (Wildman–Crippen LogP) is 2.79. The van der Waals surface area contributed by atoms with Gasteiger partial charge in [0.1, 0.15) is 28.1 Å². The van der Waals surface area contributed by atoms with Gasteiger partial charge >= 0.3 is 0 Å². The zero-order valence-electron chi connectivity index (χ0n) is 16.9. The minimum absolute atomic E-state index is 0.0875. The Bertz CT molecular complexity index is 1220. The lowest BCUT2D eigenvalue weighted by molar-refractivity contribution is 0.247. The smallest absolute Gasteiger partial charge is 0.270 e. The Morgan fingerprint density at radius 1 is 1.20 bits per heavy atom. The Hall–Kier alpha value is -3.08. The van der Waals surface area contributed by atoms with Crippen LogP contribution in [0.15, 0.2) is 35.1 Å². The zero-order chi connectivity index (χ0) is 21.4. The van der Waals surface area contributed by atoms with Gasteiger partial charge in [-0.2, -0.15) is 5.26 Å². The average molecular weight is 424 g/mol. The molecule has 3 heterocycles. The van der Waals surface area contributed by atoms with Crippen LogP contribution < -0.4 is 10.5 Å². The summed E-state index contributed by atoms with van der Waals surface area (Å²) in [5.41, 5.74) is 3.51. The molecule has 0 amide bonds. The van der Waals surface area contributed by atoms with Crippen LogP contribution in [0.4, 0.5) is 5.69 Å². The maximum absolute atomic E-state index is 12.8. The first-order valence-corrected chi connectivity index (χ1v) is 10.1. The van der Waals surface area contributed by atoms with Gasteiger partial charge in [0.25, 0.3) is 5.56 Å². The van der Waals surface area contributed by atoms with Crippen molar-refractivity contribution < 1.29 is 5.11 Å². The number of rotatable bonds is 3. The highest BCUT2D eigenvalue weighted by molar-refractivity contribution is 6.29. The minimum atomic E-state index is -0.337. The van der Waals surface area contributed by atoms with Gasteiger partial charge < -0.3 is 14.6 Å². The minimum Gasteiger partial charge on any atom is -0.508 e. The summed E-state index contributed by atoms with van der Waals surface area (Å²) in [5, 5.41) is 20.2. The highest BCUT2D eigenvalue weighted by Gasteiger charge is 2.25. The standard InChI is InChI=1S/C22H22ClN5O2/c1-14-3-5-18(29)15(11-14)13-27-7-9-28(10-8-27)21-16(12-24)22(30)26(2)17-4-6-19(23)25-20(17)21/h3-6,11,29H,7-10,13H2,1-2H3. The first-order chi connectivity index (χ1) is 14.4. The molecule has 1 aromatic carbocycles. The Kier molecular flexibility index (Phi) is 5.37. The number of aryl methyl sites for hydroxylation is 2. The molecule has 8 heteroatoms. The van der Waals surface area contributed by atoms with Crippen LogP contribution in [-0.4, -0.2) is 45.7 Å². The molecule has 0 atom stereocenters. The third-order valence-corrected chi connectivity index (χ3v) is 5.82. The number of aromatic hydroxyl groups is 1. The maximum atomic E-state index is 12.8. The molecule has 154 valence electrons. The molecule has 0 saturated carbocycles. The molecule has 0 aliphatic carbocycles. The summed E-state index contributed by atoms with van der Waals surface area (Å²) in [5.74, 6) is 0.297. The number of aromatic nitrogens is 2. The van der Waals surface area contributed by atoms with Gasteiger partial charge in [-0.05, 0) is 25.1 Å². The third-order valence-electron chi connectivity index (χ3n) is 5.61. The second-order valence-electron chi connectivity index (χ2n) is 7.60. The van der Waals surface area contributed by atoms with E-state index in [0.29, 0.717) is 47.3 Å². The fourth-order valence-corrected chi connectivity index (χ4v) is 4.14. The van der Waals surface area contributed by atoms with Crippen LogP contribution in [-0.2, 0) is 13.6 Å². The van der Waals surface area contributed by atoms with E-state index in [1.807, 2.05) is 24.0 Å². The van der Waals surface area contributed by atoms with Crippen LogP contribution in [0.3, 0.4) is 0 Å². The van der Waals surface area contributed by atoms with Crippen LogP contribution in [0.5, 0.6) is 5.75 Å². The summed E-state index contributed by atoms with van der Waals surface area (Å²) in [7, 11) is 1.64. The molecule has 4 rings (SSSR count). The summed E-state index contributed by atoms with van der Waals surface area (Å²) in [6.07, 6.45) is 0. The van der Waals surface area contributed by atoms with E-state index >= 15 is 0 Å². The molecule has 1 N–H and O–H groups in total. The molecule has 1 aliphatic heterocycles. The van der Waals surface area contributed by atoms with Crippen molar-refractivity contribution in [3.05, 3.63) is 62.5 Å². The molecule has 3 aromatic rings. The molecule has 1 fully saturated rings. The number of benzene rings is 1. The molecule has 1 saturated heterocycles. The number of nitrogens with zero attached hydrogens (tertiary/aromatic N) is 5. The summed E-state index contributed by atoms with van der Waals surface area (Å²) in [4.78, 5) is 21.5. The van der Waals surface area contributed by atoms with Gasteiger partial charge in [0.15, 0.2) is 0 Å². The summed E-state index contributed by atoms with van der Waals surface area (Å²) < 4.78 is 1.44. The Balaban J connectivity index is 1.64. The van der Waals surface area contributed by atoms with E-state index in [1.165, 1.54) is 4.57 Å². The number of phenols is 1. The molecular formula is C22H22ClN5O2. The second-order valence-corrected chi connectivity index (χ2v) is 7.98. The van der Waals surface area contributed by atoms with Gasteiger partial charge in [-0.3, -0.25) is 9.69 Å². The largest absolute Gasteiger partial charge is 0.508 e. The first kappa shape index (κ1) is 20.2. The number of hydrogen-bond acceptors (Lipinski definition) is 6.